The first-order valence-corrected chi connectivity index (χ1v) is 5.60. The molecule has 0 aliphatic rings. The topological polar surface area (TPSA) is 21.3 Å². The van der Waals surface area contributed by atoms with Crippen LogP contribution in [-0.2, 0) is 4.74 Å². The van der Waals surface area contributed by atoms with E-state index in [0.29, 0.717) is 12.0 Å². The van der Waals surface area contributed by atoms with Gasteiger partial charge in [0.1, 0.15) is 0 Å². The average Bonchev–Trinajstić information content (AvgIpc) is 2.02. The molecule has 2 nitrogen and oxygen atoms in total. The van der Waals surface area contributed by atoms with Gasteiger partial charge in [-0.25, -0.2) is 0 Å². The second-order valence-corrected chi connectivity index (χ2v) is 5.35. The first-order valence-electron chi connectivity index (χ1n) is 5.60. The Morgan fingerprint density at radius 3 is 1.93 bits per heavy atom. The molecule has 0 saturated carbocycles. The number of rotatable bonds is 5. The van der Waals surface area contributed by atoms with Crippen LogP contribution in [0.3, 0.4) is 0 Å². The summed E-state index contributed by atoms with van der Waals surface area (Å²) in [5.41, 5.74) is 0.237. The van der Waals surface area contributed by atoms with Crippen molar-refractivity contribution in [2.75, 3.05) is 13.7 Å². The standard InChI is InChI=1S/C12H27NO/c1-8-13-11(12(4,5)6)10(14-7)9(2)3/h9-11,13H,8H2,1-7H3. The number of methoxy groups -OCH3 is 1. The third kappa shape index (κ3) is 3.97. The molecule has 0 heterocycles. The molecule has 0 aliphatic carbocycles. The fourth-order valence-electron chi connectivity index (χ4n) is 1.93. The number of likely N-dealkylation sites (N-methyl/N-ethyl adjacent to an activating group) is 1. The van der Waals surface area contributed by atoms with E-state index in [4.69, 9.17) is 4.74 Å². The molecular weight excluding hydrogens is 174 g/mol. The van der Waals surface area contributed by atoms with E-state index in [0.717, 1.165) is 6.54 Å². The summed E-state index contributed by atoms with van der Waals surface area (Å²) in [5, 5.41) is 3.53. The monoisotopic (exact) mass is 201 g/mol. The van der Waals surface area contributed by atoms with Gasteiger partial charge in [0.2, 0.25) is 0 Å². The molecule has 86 valence electrons. The Labute approximate surface area is 89.4 Å². The van der Waals surface area contributed by atoms with Crippen molar-refractivity contribution < 1.29 is 4.74 Å². The van der Waals surface area contributed by atoms with Crippen LogP contribution in [0.25, 0.3) is 0 Å². The molecule has 0 aromatic rings. The number of nitrogens with one attached hydrogen (secondary N) is 1. The number of hydrogen-bond acceptors (Lipinski definition) is 2. The maximum Gasteiger partial charge on any atom is 0.0752 e. The highest BCUT2D eigenvalue weighted by Gasteiger charge is 2.33. The van der Waals surface area contributed by atoms with Crippen molar-refractivity contribution in [1.82, 2.24) is 5.32 Å². The number of ether oxygens (including phenoxy) is 1. The lowest BCUT2D eigenvalue weighted by Gasteiger charge is -2.38. The molecular formula is C12H27NO. The summed E-state index contributed by atoms with van der Waals surface area (Å²) < 4.78 is 5.59. The van der Waals surface area contributed by atoms with Crippen LogP contribution in [-0.4, -0.2) is 25.8 Å². The zero-order valence-electron chi connectivity index (χ0n) is 10.8. The molecule has 0 amide bonds. The Hall–Kier alpha value is -0.0800. The van der Waals surface area contributed by atoms with Crippen LogP contribution >= 0.6 is 0 Å². The van der Waals surface area contributed by atoms with Gasteiger partial charge in [0.05, 0.1) is 6.10 Å². The summed E-state index contributed by atoms with van der Waals surface area (Å²) in [6.07, 6.45) is 0.287. The Morgan fingerprint density at radius 2 is 1.71 bits per heavy atom. The Balaban J connectivity index is 4.60. The normalized spacial score (nSPS) is 17.1. The minimum Gasteiger partial charge on any atom is -0.380 e. The summed E-state index contributed by atoms with van der Waals surface area (Å²) in [6.45, 7) is 14.3. The van der Waals surface area contributed by atoms with E-state index in [-0.39, 0.29) is 11.5 Å². The molecule has 0 aromatic heterocycles. The van der Waals surface area contributed by atoms with E-state index < -0.39 is 0 Å². The molecule has 1 N–H and O–H groups in total. The summed E-state index contributed by atoms with van der Waals surface area (Å²) in [4.78, 5) is 0. The van der Waals surface area contributed by atoms with Gasteiger partial charge in [-0.2, -0.15) is 0 Å². The summed E-state index contributed by atoms with van der Waals surface area (Å²) >= 11 is 0. The molecule has 0 saturated heterocycles. The van der Waals surface area contributed by atoms with E-state index in [9.17, 15) is 0 Å². The highest BCUT2D eigenvalue weighted by Crippen LogP contribution is 2.26. The molecule has 0 aliphatic heterocycles. The Morgan fingerprint density at radius 1 is 1.21 bits per heavy atom. The molecule has 0 fully saturated rings. The van der Waals surface area contributed by atoms with Gasteiger partial charge in [0, 0.05) is 13.2 Å². The van der Waals surface area contributed by atoms with E-state index >= 15 is 0 Å². The highest BCUT2D eigenvalue weighted by molar-refractivity contribution is 4.88. The van der Waals surface area contributed by atoms with Crippen LogP contribution in [0.2, 0.25) is 0 Å². The van der Waals surface area contributed by atoms with Crippen molar-refractivity contribution in [3.05, 3.63) is 0 Å². The maximum atomic E-state index is 5.59. The fraction of sp³-hybridized carbons (Fsp3) is 1.00. The molecule has 0 bridgehead atoms. The third-order valence-electron chi connectivity index (χ3n) is 2.61. The smallest absolute Gasteiger partial charge is 0.0752 e. The molecule has 0 radical (unpaired) electrons. The SMILES string of the molecule is CCNC(C(OC)C(C)C)C(C)(C)C. The fourth-order valence-corrected chi connectivity index (χ4v) is 1.93. The maximum absolute atomic E-state index is 5.59. The quantitative estimate of drug-likeness (QED) is 0.738. The second kappa shape index (κ2) is 5.72. The van der Waals surface area contributed by atoms with Gasteiger partial charge in [-0.1, -0.05) is 41.5 Å². The minimum absolute atomic E-state index is 0.237. The highest BCUT2D eigenvalue weighted by atomic mass is 16.5. The summed E-state index contributed by atoms with van der Waals surface area (Å²) in [5.74, 6) is 0.545. The first-order chi connectivity index (χ1) is 6.34. The minimum atomic E-state index is 0.237. The first kappa shape index (κ1) is 13.9. The lowest BCUT2D eigenvalue weighted by atomic mass is 9.80. The van der Waals surface area contributed by atoms with Crippen LogP contribution in [0.5, 0.6) is 0 Å². The van der Waals surface area contributed by atoms with E-state index in [1.54, 1.807) is 7.11 Å². The summed E-state index contributed by atoms with van der Waals surface area (Å²) in [7, 11) is 1.81. The van der Waals surface area contributed by atoms with Crippen molar-refractivity contribution >= 4 is 0 Å². The molecule has 14 heavy (non-hydrogen) atoms. The number of hydrogen-bond donors (Lipinski definition) is 1. The predicted molar refractivity (Wildman–Crippen MR) is 62.6 cm³/mol. The van der Waals surface area contributed by atoms with Crippen molar-refractivity contribution in [2.24, 2.45) is 11.3 Å². The average molecular weight is 201 g/mol. The van der Waals surface area contributed by atoms with Gasteiger partial charge in [-0.05, 0) is 17.9 Å². The van der Waals surface area contributed by atoms with Gasteiger partial charge in [0.15, 0.2) is 0 Å². The lowest BCUT2D eigenvalue weighted by Crippen LogP contribution is -2.51. The van der Waals surface area contributed by atoms with Crippen molar-refractivity contribution in [2.45, 2.75) is 53.7 Å². The van der Waals surface area contributed by atoms with Crippen molar-refractivity contribution in [3.8, 4) is 0 Å². The van der Waals surface area contributed by atoms with Crippen LogP contribution in [0.15, 0.2) is 0 Å². The van der Waals surface area contributed by atoms with E-state index in [1.165, 1.54) is 0 Å². The van der Waals surface area contributed by atoms with E-state index in [2.05, 4.69) is 46.9 Å². The van der Waals surface area contributed by atoms with Crippen LogP contribution < -0.4 is 5.32 Å². The zero-order valence-corrected chi connectivity index (χ0v) is 10.8. The molecule has 2 unspecified atom stereocenters. The van der Waals surface area contributed by atoms with Crippen molar-refractivity contribution in [3.63, 3.8) is 0 Å². The molecule has 2 heteroatoms. The molecule has 0 aromatic carbocycles. The van der Waals surface area contributed by atoms with Gasteiger partial charge >= 0.3 is 0 Å². The van der Waals surface area contributed by atoms with Crippen LogP contribution in [0.4, 0.5) is 0 Å². The van der Waals surface area contributed by atoms with Crippen molar-refractivity contribution in [1.29, 1.82) is 0 Å². The van der Waals surface area contributed by atoms with Gasteiger partial charge < -0.3 is 10.1 Å². The van der Waals surface area contributed by atoms with E-state index in [1.807, 2.05) is 0 Å². The van der Waals surface area contributed by atoms with Gasteiger partial charge in [-0.15, -0.1) is 0 Å². The Bertz CT molecular complexity index is 149. The van der Waals surface area contributed by atoms with Crippen LogP contribution in [0.1, 0.15) is 41.5 Å². The Kier molecular flexibility index (Phi) is 5.68. The van der Waals surface area contributed by atoms with Gasteiger partial charge in [0.25, 0.3) is 0 Å². The van der Waals surface area contributed by atoms with Crippen LogP contribution in [0, 0.1) is 11.3 Å². The second-order valence-electron chi connectivity index (χ2n) is 5.35. The van der Waals surface area contributed by atoms with Gasteiger partial charge in [-0.3, -0.25) is 0 Å². The molecule has 0 spiro atoms. The predicted octanol–water partition coefficient (Wildman–Crippen LogP) is 2.68. The lowest BCUT2D eigenvalue weighted by molar-refractivity contribution is -0.000509. The zero-order chi connectivity index (χ0) is 11.4. The molecule has 0 rings (SSSR count). The molecule has 2 atom stereocenters. The summed E-state index contributed by atoms with van der Waals surface area (Å²) in [6, 6.07) is 0.414. The third-order valence-corrected chi connectivity index (χ3v) is 2.61. The largest absolute Gasteiger partial charge is 0.380 e.